The van der Waals surface area contributed by atoms with E-state index in [4.69, 9.17) is 9.47 Å². The van der Waals surface area contributed by atoms with E-state index in [1.165, 1.54) is 11.8 Å². The quantitative estimate of drug-likeness (QED) is 0.306. The SMILES string of the molecule is COc1cc(C=NNC(=O)c2cc3ccccc3cc2O)ccc1OCc1ccc(C)cc1. The molecule has 4 rings (SSSR count). The molecule has 2 N–H and O–H groups in total. The second-order valence-electron chi connectivity index (χ2n) is 7.60. The predicted molar refractivity (Wildman–Crippen MR) is 129 cm³/mol. The zero-order valence-corrected chi connectivity index (χ0v) is 18.4. The summed E-state index contributed by atoms with van der Waals surface area (Å²) in [5.41, 5.74) is 5.59. The smallest absolute Gasteiger partial charge is 0.275 e. The van der Waals surface area contributed by atoms with Crippen LogP contribution in [0.5, 0.6) is 17.2 Å². The van der Waals surface area contributed by atoms with Crippen molar-refractivity contribution < 1.29 is 19.4 Å². The lowest BCUT2D eigenvalue weighted by Crippen LogP contribution is -2.17. The first-order valence-electron chi connectivity index (χ1n) is 10.4. The summed E-state index contributed by atoms with van der Waals surface area (Å²) in [6, 6.07) is 24.2. The molecule has 1 amide bonds. The van der Waals surface area contributed by atoms with Crippen LogP contribution >= 0.6 is 0 Å². The summed E-state index contributed by atoms with van der Waals surface area (Å²) in [6.45, 7) is 2.47. The van der Waals surface area contributed by atoms with Gasteiger partial charge in [0.2, 0.25) is 0 Å². The summed E-state index contributed by atoms with van der Waals surface area (Å²) in [7, 11) is 1.57. The van der Waals surface area contributed by atoms with Gasteiger partial charge in [-0.1, -0.05) is 54.1 Å². The molecule has 0 aliphatic carbocycles. The number of carbonyl (C=O) groups is 1. The molecular weight excluding hydrogens is 416 g/mol. The Kier molecular flexibility index (Phi) is 6.55. The normalized spacial score (nSPS) is 11.0. The highest BCUT2D eigenvalue weighted by molar-refractivity contribution is 6.01. The number of carbonyl (C=O) groups excluding carboxylic acids is 1. The maximum Gasteiger partial charge on any atom is 0.275 e. The average Bonchev–Trinajstić information content (AvgIpc) is 2.83. The molecule has 0 saturated carbocycles. The molecule has 0 atom stereocenters. The number of nitrogens with zero attached hydrogens (tertiary/aromatic N) is 1. The number of ether oxygens (including phenoxy) is 2. The molecule has 4 aromatic carbocycles. The van der Waals surface area contributed by atoms with Crippen LogP contribution < -0.4 is 14.9 Å². The van der Waals surface area contributed by atoms with Gasteiger partial charge in [-0.2, -0.15) is 5.10 Å². The molecule has 0 unspecified atom stereocenters. The summed E-state index contributed by atoms with van der Waals surface area (Å²) < 4.78 is 11.3. The van der Waals surface area contributed by atoms with E-state index in [-0.39, 0.29) is 11.3 Å². The largest absolute Gasteiger partial charge is 0.507 e. The van der Waals surface area contributed by atoms with Crippen molar-refractivity contribution >= 4 is 22.9 Å². The molecule has 0 aromatic heterocycles. The highest BCUT2D eigenvalue weighted by atomic mass is 16.5. The molecule has 0 bridgehead atoms. The highest BCUT2D eigenvalue weighted by Crippen LogP contribution is 2.28. The Morgan fingerprint density at radius 3 is 2.42 bits per heavy atom. The lowest BCUT2D eigenvalue weighted by atomic mass is 10.1. The van der Waals surface area contributed by atoms with E-state index in [9.17, 15) is 9.90 Å². The number of amides is 1. The zero-order valence-electron chi connectivity index (χ0n) is 18.4. The average molecular weight is 440 g/mol. The van der Waals surface area contributed by atoms with Gasteiger partial charge in [-0.3, -0.25) is 4.79 Å². The number of phenols is 1. The van der Waals surface area contributed by atoms with E-state index in [0.29, 0.717) is 18.1 Å². The Morgan fingerprint density at radius 2 is 1.70 bits per heavy atom. The minimum atomic E-state index is -0.500. The van der Waals surface area contributed by atoms with E-state index >= 15 is 0 Å². The predicted octanol–water partition coefficient (Wildman–Crippen LogP) is 5.21. The Balaban J connectivity index is 1.42. The van der Waals surface area contributed by atoms with Crippen molar-refractivity contribution in [3.05, 3.63) is 101 Å². The first-order valence-corrected chi connectivity index (χ1v) is 10.4. The van der Waals surface area contributed by atoms with Gasteiger partial charge in [0, 0.05) is 0 Å². The van der Waals surface area contributed by atoms with Crippen LogP contribution in [-0.2, 0) is 6.61 Å². The van der Waals surface area contributed by atoms with E-state index in [2.05, 4.69) is 10.5 Å². The summed E-state index contributed by atoms with van der Waals surface area (Å²) in [5.74, 6) is 0.572. The first-order chi connectivity index (χ1) is 16.0. The van der Waals surface area contributed by atoms with E-state index in [0.717, 1.165) is 21.9 Å². The third-order valence-electron chi connectivity index (χ3n) is 5.19. The minimum Gasteiger partial charge on any atom is -0.507 e. The van der Waals surface area contributed by atoms with Crippen LogP contribution in [0.25, 0.3) is 10.8 Å². The monoisotopic (exact) mass is 440 g/mol. The van der Waals surface area contributed by atoms with Crippen molar-refractivity contribution in [2.45, 2.75) is 13.5 Å². The van der Waals surface area contributed by atoms with Crippen molar-refractivity contribution in [1.29, 1.82) is 0 Å². The third-order valence-corrected chi connectivity index (χ3v) is 5.19. The van der Waals surface area contributed by atoms with E-state index in [1.54, 1.807) is 31.4 Å². The number of benzene rings is 4. The molecule has 0 radical (unpaired) electrons. The zero-order chi connectivity index (χ0) is 23.2. The number of nitrogens with one attached hydrogen (secondary N) is 1. The molecule has 0 aliphatic rings. The maximum atomic E-state index is 12.5. The van der Waals surface area contributed by atoms with Crippen LogP contribution in [-0.4, -0.2) is 24.3 Å². The molecule has 0 heterocycles. The Hall–Kier alpha value is -4.32. The summed E-state index contributed by atoms with van der Waals surface area (Å²) in [6.07, 6.45) is 1.50. The molecule has 0 fully saturated rings. The number of hydrogen-bond acceptors (Lipinski definition) is 5. The fourth-order valence-electron chi connectivity index (χ4n) is 3.36. The molecule has 166 valence electrons. The summed E-state index contributed by atoms with van der Waals surface area (Å²) in [4.78, 5) is 12.5. The molecule has 0 spiro atoms. The second-order valence-corrected chi connectivity index (χ2v) is 7.60. The number of hydrogen-bond donors (Lipinski definition) is 2. The Bertz CT molecular complexity index is 1310. The molecule has 0 saturated heterocycles. The fourth-order valence-corrected chi connectivity index (χ4v) is 3.36. The van der Waals surface area contributed by atoms with Crippen molar-refractivity contribution in [3.8, 4) is 17.2 Å². The minimum absolute atomic E-state index is 0.0989. The molecule has 33 heavy (non-hydrogen) atoms. The lowest BCUT2D eigenvalue weighted by molar-refractivity contribution is 0.0952. The molecular formula is C27H24N2O4. The maximum absolute atomic E-state index is 12.5. The number of methoxy groups -OCH3 is 1. The van der Waals surface area contributed by atoms with Gasteiger partial charge in [0.05, 0.1) is 18.9 Å². The van der Waals surface area contributed by atoms with E-state index in [1.807, 2.05) is 61.5 Å². The number of aromatic hydroxyl groups is 1. The number of phenolic OH excluding ortho intramolecular Hbond substituents is 1. The van der Waals surface area contributed by atoms with Gasteiger partial charge in [-0.15, -0.1) is 0 Å². The van der Waals surface area contributed by atoms with Crippen molar-refractivity contribution in [2.24, 2.45) is 5.10 Å². The second kappa shape index (κ2) is 9.87. The standard InChI is InChI=1S/C27H24N2O4/c1-18-7-9-19(10-8-18)17-33-25-12-11-20(13-26(25)32-2)16-28-29-27(31)23-14-21-5-3-4-6-22(21)15-24(23)30/h3-16,30H,17H2,1-2H3,(H,29,31). The molecule has 6 heteroatoms. The molecule has 6 nitrogen and oxygen atoms in total. The summed E-state index contributed by atoms with van der Waals surface area (Å²) in [5, 5.41) is 15.9. The van der Waals surface area contributed by atoms with Crippen LogP contribution in [0.4, 0.5) is 0 Å². The highest BCUT2D eigenvalue weighted by Gasteiger charge is 2.12. The Labute approximate surface area is 192 Å². The van der Waals surface area contributed by atoms with Gasteiger partial charge in [-0.05, 0) is 59.2 Å². The van der Waals surface area contributed by atoms with Crippen molar-refractivity contribution in [2.75, 3.05) is 7.11 Å². The van der Waals surface area contributed by atoms with Crippen LogP contribution in [0.3, 0.4) is 0 Å². The van der Waals surface area contributed by atoms with Gasteiger partial charge >= 0.3 is 0 Å². The first kappa shape index (κ1) is 21.9. The molecule has 4 aromatic rings. The number of aryl methyl sites for hydroxylation is 1. The fraction of sp³-hybridized carbons (Fsp3) is 0.111. The van der Waals surface area contributed by atoms with Crippen LogP contribution in [0, 0.1) is 6.92 Å². The van der Waals surface area contributed by atoms with Gasteiger partial charge in [-0.25, -0.2) is 5.43 Å². The van der Waals surface area contributed by atoms with Gasteiger partial charge in [0.25, 0.3) is 5.91 Å². The third kappa shape index (κ3) is 5.30. The lowest BCUT2D eigenvalue weighted by Gasteiger charge is -2.11. The number of fused-ring (bicyclic) bond motifs is 1. The number of rotatable bonds is 7. The van der Waals surface area contributed by atoms with Gasteiger partial charge in [0.1, 0.15) is 12.4 Å². The van der Waals surface area contributed by atoms with Crippen LogP contribution in [0.1, 0.15) is 27.0 Å². The summed E-state index contributed by atoms with van der Waals surface area (Å²) >= 11 is 0. The van der Waals surface area contributed by atoms with Gasteiger partial charge < -0.3 is 14.6 Å². The number of hydrazone groups is 1. The van der Waals surface area contributed by atoms with E-state index < -0.39 is 5.91 Å². The molecule has 0 aliphatic heterocycles. The van der Waals surface area contributed by atoms with Crippen LogP contribution in [0.15, 0.2) is 84.0 Å². The Morgan fingerprint density at radius 1 is 0.970 bits per heavy atom. The van der Waals surface area contributed by atoms with Gasteiger partial charge in [0.15, 0.2) is 11.5 Å². The van der Waals surface area contributed by atoms with Crippen molar-refractivity contribution in [3.63, 3.8) is 0 Å². The topological polar surface area (TPSA) is 80.2 Å². The van der Waals surface area contributed by atoms with Crippen molar-refractivity contribution in [1.82, 2.24) is 5.43 Å². The van der Waals surface area contributed by atoms with Crippen LogP contribution in [0.2, 0.25) is 0 Å².